The first-order valence-corrected chi connectivity index (χ1v) is 6.54. The Morgan fingerprint density at radius 1 is 1.20 bits per heavy atom. The van der Waals surface area contributed by atoms with E-state index in [1.54, 1.807) is 0 Å². The molecule has 0 saturated heterocycles. The predicted octanol–water partition coefficient (Wildman–Crippen LogP) is 3.17. The first kappa shape index (κ1) is 11.0. The molecule has 0 N–H and O–H groups in total. The molecule has 0 fully saturated rings. The zero-order valence-corrected chi connectivity index (χ0v) is 9.97. The molecule has 0 aliphatic heterocycles. The lowest BCUT2D eigenvalue weighted by atomic mass is 10.0. The Bertz CT molecular complexity index is 307. The van der Waals surface area contributed by atoms with Crippen molar-refractivity contribution in [3.05, 3.63) is 17.7 Å². The number of alkyl halides is 1. The molecule has 0 amide bonds. The third-order valence-corrected chi connectivity index (χ3v) is 3.41. The van der Waals surface area contributed by atoms with Gasteiger partial charge in [0.1, 0.15) is 0 Å². The topological polar surface area (TPSA) is 17.8 Å². The Morgan fingerprint density at radius 2 is 2.07 bits per heavy atom. The van der Waals surface area contributed by atoms with Crippen molar-refractivity contribution in [2.45, 2.75) is 51.5 Å². The Morgan fingerprint density at radius 3 is 2.93 bits per heavy atom. The molecule has 0 radical (unpaired) electrons. The van der Waals surface area contributed by atoms with Gasteiger partial charge in [0.15, 0.2) is 0 Å². The highest BCUT2D eigenvalue weighted by Crippen LogP contribution is 2.20. The van der Waals surface area contributed by atoms with Crippen LogP contribution in [0.4, 0.5) is 0 Å². The van der Waals surface area contributed by atoms with E-state index < -0.39 is 0 Å². The number of aryl methyl sites for hydroxylation is 2. The van der Waals surface area contributed by atoms with Crippen LogP contribution in [0.1, 0.15) is 43.5 Å². The number of unbranched alkanes of at least 4 members (excludes halogenated alkanes) is 2. The number of hydrogen-bond acceptors (Lipinski definition) is 1. The monoisotopic (exact) mass is 226 g/mol. The number of nitrogens with zero attached hydrogens (tertiary/aromatic N) is 2. The van der Waals surface area contributed by atoms with E-state index in [9.17, 15) is 0 Å². The van der Waals surface area contributed by atoms with Gasteiger partial charge in [-0.3, -0.25) is 0 Å². The third kappa shape index (κ3) is 2.75. The number of rotatable bonds is 5. The lowest BCUT2D eigenvalue weighted by Crippen LogP contribution is -2.08. The number of fused-ring (bicyclic) bond motifs is 1. The van der Waals surface area contributed by atoms with Crippen molar-refractivity contribution in [3.8, 4) is 0 Å². The van der Waals surface area contributed by atoms with Gasteiger partial charge < -0.3 is 4.57 Å². The highest BCUT2D eigenvalue weighted by Gasteiger charge is 2.14. The standard InChI is InChI=1S/C12H19ClN2/c13-8-4-1-5-9-15-10-14-11-6-2-3-7-12(11)15/h10H,1-9H2. The maximum absolute atomic E-state index is 5.66. The Kier molecular flexibility index (Phi) is 4.07. The Balaban J connectivity index is 1.88. The van der Waals surface area contributed by atoms with E-state index in [2.05, 4.69) is 9.55 Å². The predicted molar refractivity (Wildman–Crippen MR) is 63.4 cm³/mol. The van der Waals surface area contributed by atoms with E-state index in [1.165, 1.54) is 49.9 Å². The second-order valence-corrected chi connectivity index (χ2v) is 4.67. The molecule has 0 spiro atoms. The maximum atomic E-state index is 5.66. The van der Waals surface area contributed by atoms with E-state index >= 15 is 0 Å². The first-order chi connectivity index (χ1) is 7.42. The minimum atomic E-state index is 0.794. The van der Waals surface area contributed by atoms with Crippen molar-refractivity contribution < 1.29 is 0 Å². The van der Waals surface area contributed by atoms with Crippen LogP contribution in [0.15, 0.2) is 6.33 Å². The molecule has 0 unspecified atom stereocenters. The average Bonchev–Trinajstić information content (AvgIpc) is 2.68. The summed E-state index contributed by atoms with van der Waals surface area (Å²) in [5.41, 5.74) is 2.84. The van der Waals surface area contributed by atoms with Crippen molar-refractivity contribution in [2.24, 2.45) is 0 Å². The molecular formula is C12H19ClN2. The van der Waals surface area contributed by atoms with Crippen molar-refractivity contribution in [2.75, 3.05) is 5.88 Å². The van der Waals surface area contributed by atoms with Gasteiger partial charge >= 0.3 is 0 Å². The molecule has 1 aromatic rings. The molecule has 1 heterocycles. The molecule has 1 aliphatic carbocycles. The van der Waals surface area contributed by atoms with Gasteiger partial charge in [0.05, 0.1) is 12.0 Å². The number of imidazole rings is 1. The minimum Gasteiger partial charge on any atom is -0.334 e. The molecule has 3 heteroatoms. The summed E-state index contributed by atoms with van der Waals surface area (Å²) in [5, 5.41) is 0. The van der Waals surface area contributed by atoms with Gasteiger partial charge in [0, 0.05) is 18.1 Å². The molecule has 0 bridgehead atoms. The van der Waals surface area contributed by atoms with Gasteiger partial charge in [-0.05, 0) is 38.5 Å². The summed E-state index contributed by atoms with van der Waals surface area (Å²) in [4.78, 5) is 4.49. The maximum Gasteiger partial charge on any atom is 0.0951 e. The summed E-state index contributed by atoms with van der Waals surface area (Å²) in [6.07, 6.45) is 10.7. The van der Waals surface area contributed by atoms with Gasteiger partial charge in [-0.1, -0.05) is 6.42 Å². The minimum absolute atomic E-state index is 0.794. The van der Waals surface area contributed by atoms with E-state index in [0.29, 0.717) is 0 Å². The Hall–Kier alpha value is -0.500. The summed E-state index contributed by atoms with van der Waals surface area (Å²) < 4.78 is 2.35. The summed E-state index contributed by atoms with van der Waals surface area (Å²) in [6, 6.07) is 0. The zero-order chi connectivity index (χ0) is 10.5. The molecule has 1 aromatic heterocycles. The molecule has 15 heavy (non-hydrogen) atoms. The van der Waals surface area contributed by atoms with Gasteiger partial charge in [0.2, 0.25) is 0 Å². The fourth-order valence-electron chi connectivity index (χ4n) is 2.28. The van der Waals surface area contributed by atoms with Crippen molar-refractivity contribution in [1.82, 2.24) is 9.55 Å². The first-order valence-electron chi connectivity index (χ1n) is 6.00. The van der Waals surface area contributed by atoms with Gasteiger partial charge in [0.25, 0.3) is 0 Å². The van der Waals surface area contributed by atoms with Gasteiger partial charge in [-0.15, -0.1) is 11.6 Å². The summed E-state index contributed by atoms with van der Waals surface area (Å²) in [7, 11) is 0. The van der Waals surface area contributed by atoms with E-state index in [0.717, 1.165) is 18.8 Å². The van der Waals surface area contributed by atoms with Crippen LogP contribution in [0, 0.1) is 0 Å². The second-order valence-electron chi connectivity index (χ2n) is 4.29. The normalized spacial score (nSPS) is 15.3. The summed E-state index contributed by atoms with van der Waals surface area (Å²) in [5.74, 6) is 0.794. The third-order valence-electron chi connectivity index (χ3n) is 3.14. The van der Waals surface area contributed by atoms with Crippen LogP contribution in [0.5, 0.6) is 0 Å². The van der Waals surface area contributed by atoms with E-state index in [1.807, 2.05) is 6.33 Å². The summed E-state index contributed by atoms with van der Waals surface area (Å²) >= 11 is 5.66. The lowest BCUT2D eigenvalue weighted by molar-refractivity contribution is 0.563. The van der Waals surface area contributed by atoms with Crippen LogP contribution < -0.4 is 0 Å². The molecule has 2 nitrogen and oxygen atoms in total. The van der Waals surface area contributed by atoms with Crippen LogP contribution in [-0.4, -0.2) is 15.4 Å². The largest absolute Gasteiger partial charge is 0.334 e. The van der Waals surface area contributed by atoms with Crippen molar-refractivity contribution in [3.63, 3.8) is 0 Å². The zero-order valence-electron chi connectivity index (χ0n) is 9.21. The van der Waals surface area contributed by atoms with Crippen molar-refractivity contribution >= 4 is 11.6 Å². The molecule has 2 rings (SSSR count). The SMILES string of the molecule is ClCCCCCn1cnc2c1CCCC2. The van der Waals surface area contributed by atoms with Crippen LogP contribution in [0.3, 0.4) is 0 Å². The lowest BCUT2D eigenvalue weighted by Gasteiger charge is -2.13. The van der Waals surface area contributed by atoms with Crippen molar-refractivity contribution in [1.29, 1.82) is 0 Å². The van der Waals surface area contributed by atoms with Crippen LogP contribution in [0.25, 0.3) is 0 Å². The molecule has 0 atom stereocenters. The number of halogens is 1. The Labute approximate surface area is 96.7 Å². The van der Waals surface area contributed by atoms with Crippen LogP contribution in [0.2, 0.25) is 0 Å². The van der Waals surface area contributed by atoms with Gasteiger partial charge in [-0.25, -0.2) is 4.98 Å². The van der Waals surface area contributed by atoms with Gasteiger partial charge in [-0.2, -0.15) is 0 Å². The smallest absolute Gasteiger partial charge is 0.0951 e. The molecule has 0 aromatic carbocycles. The van der Waals surface area contributed by atoms with Crippen LogP contribution >= 0.6 is 11.6 Å². The summed E-state index contributed by atoms with van der Waals surface area (Å²) in [6.45, 7) is 1.12. The molecule has 84 valence electrons. The van der Waals surface area contributed by atoms with E-state index in [-0.39, 0.29) is 0 Å². The number of hydrogen-bond donors (Lipinski definition) is 0. The quantitative estimate of drug-likeness (QED) is 0.557. The van der Waals surface area contributed by atoms with E-state index in [4.69, 9.17) is 11.6 Å². The second kappa shape index (κ2) is 5.55. The molecule has 1 aliphatic rings. The number of aromatic nitrogens is 2. The molecule has 0 saturated carbocycles. The van der Waals surface area contributed by atoms with Crippen LogP contribution in [-0.2, 0) is 19.4 Å². The average molecular weight is 227 g/mol. The highest BCUT2D eigenvalue weighted by atomic mass is 35.5. The fourth-order valence-corrected chi connectivity index (χ4v) is 2.47. The highest BCUT2D eigenvalue weighted by molar-refractivity contribution is 6.17. The fraction of sp³-hybridized carbons (Fsp3) is 0.750. The molecular weight excluding hydrogens is 208 g/mol.